The summed E-state index contributed by atoms with van der Waals surface area (Å²) in [6.45, 7) is -0.384. The van der Waals surface area contributed by atoms with Gasteiger partial charge in [-0.25, -0.2) is 16.8 Å². The van der Waals surface area contributed by atoms with Gasteiger partial charge in [0.2, 0.25) is 10.0 Å². The van der Waals surface area contributed by atoms with E-state index in [0.717, 1.165) is 16.4 Å². The molecule has 2 aromatic rings. The van der Waals surface area contributed by atoms with E-state index < -0.39 is 42.6 Å². The van der Waals surface area contributed by atoms with Crippen LogP contribution in [0.2, 0.25) is 5.02 Å². The first-order valence-electron chi connectivity index (χ1n) is 8.56. The van der Waals surface area contributed by atoms with E-state index in [1.54, 1.807) is 24.3 Å². The summed E-state index contributed by atoms with van der Waals surface area (Å²) in [7, 11) is -7.82. The van der Waals surface area contributed by atoms with Crippen LogP contribution in [0.4, 0.5) is 13.2 Å². The third-order valence-corrected chi connectivity index (χ3v) is 9.14. The maximum absolute atomic E-state index is 12.8. The van der Waals surface area contributed by atoms with E-state index in [-0.39, 0.29) is 29.4 Å². The van der Waals surface area contributed by atoms with Crippen LogP contribution in [0.3, 0.4) is 0 Å². The molecule has 29 heavy (non-hydrogen) atoms. The maximum atomic E-state index is 12.8. The van der Waals surface area contributed by atoms with Crippen LogP contribution in [0.1, 0.15) is 22.8 Å². The minimum absolute atomic E-state index is 0.00800. The molecule has 1 atom stereocenters. The molecule has 11 heteroatoms. The summed E-state index contributed by atoms with van der Waals surface area (Å²) in [5.74, 6) is -0.414. The van der Waals surface area contributed by atoms with Crippen molar-refractivity contribution in [1.29, 1.82) is 0 Å². The van der Waals surface area contributed by atoms with Crippen LogP contribution in [0.25, 0.3) is 0 Å². The number of hydrogen-bond donors (Lipinski definition) is 0. The van der Waals surface area contributed by atoms with Gasteiger partial charge in [-0.1, -0.05) is 29.8 Å². The minimum atomic E-state index is -4.58. The Balaban J connectivity index is 1.88. The molecule has 0 aromatic heterocycles. The van der Waals surface area contributed by atoms with Gasteiger partial charge in [0.1, 0.15) is 0 Å². The van der Waals surface area contributed by atoms with E-state index in [1.807, 2.05) is 0 Å². The number of hydrogen-bond acceptors (Lipinski definition) is 4. The predicted octanol–water partition coefficient (Wildman–Crippen LogP) is 3.91. The third kappa shape index (κ3) is 4.60. The summed E-state index contributed by atoms with van der Waals surface area (Å²) in [5.41, 5.74) is -0.559. The number of sulfonamides is 1. The molecular formula is C18H17ClF3NO4S2. The van der Waals surface area contributed by atoms with Crippen molar-refractivity contribution in [1.82, 2.24) is 4.31 Å². The summed E-state index contributed by atoms with van der Waals surface area (Å²) < 4.78 is 90.2. The molecule has 1 fully saturated rings. The molecule has 0 spiro atoms. The highest BCUT2D eigenvalue weighted by Crippen LogP contribution is 2.35. The first-order valence-corrected chi connectivity index (χ1v) is 12.1. The third-order valence-electron chi connectivity index (χ3n) is 4.77. The molecule has 0 amide bonds. The number of benzene rings is 2. The predicted molar refractivity (Wildman–Crippen MR) is 103 cm³/mol. The van der Waals surface area contributed by atoms with Crippen molar-refractivity contribution >= 4 is 31.5 Å². The molecule has 1 heterocycles. The zero-order chi connectivity index (χ0) is 21.4. The van der Waals surface area contributed by atoms with Gasteiger partial charge < -0.3 is 0 Å². The van der Waals surface area contributed by atoms with Gasteiger partial charge in [-0.05, 0) is 42.3 Å². The lowest BCUT2D eigenvalue weighted by molar-refractivity contribution is -0.137. The maximum Gasteiger partial charge on any atom is 0.416 e. The van der Waals surface area contributed by atoms with Gasteiger partial charge in [-0.2, -0.15) is 17.5 Å². The van der Waals surface area contributed by atoms with E-state index in [0.29, 0.717) is 17.7 Å². The fraction of sp³-hybridized carbons (Fsp3) is 0.333. The Morgan fingerprint density at radius 2 is 1.62 bits per heavy atom. The van der Waals surface area contributed by atoms with Crippen molar-refractivity contribution in [2.75, 3.05) is 18.8 Å². The molecule has 0 aliphatic carbocycles. The van der Waals surface area contributed by atoms with Crippen molar-refractivity contribution < 1.29 is 30.0 Å². The fourth-order valence-electron chi connectivity index (χ4n) is 3.21. The van der Waals surface area contributed by atoms with Gasteiger partial charge in [-0.3, -0.25) is 0 Å². The van der Waals surface area contributed by atoms with Crippen LogP contribution < -0.4 is 0 Å². The number of sulfone groups is 1. The van der Waals surface area contributed by atoms with Gasteiger partial charge >= 0.3 is 6.18 Å². The fourth-order valence-corrected chi connectivity index (χ4v) is 6.93. The Morgan fingerprint density at radius 1 is 1.00 bits per heavy atom. The van der Waals surface area contributed by atoms with E-state index in [2.05, 4.69) is 0 Å². The molecule has 1 aliphatic rings. The smallest absolute Gasteiger partial charge is 0.228 e. The second-order valence-corrected chi connectivity index (χ2v) is 11.2. The van der Waals surface area contributed by atoms with Crippen LogP contribution >= 0.6 is 11.6 Å². The molecule has 1 saturated heterocycles. The van der Waals surface area contributed by atoms with Crippen molar-refractivity contribution in [3.8, 4) is 0 Å². The zero-order valence-corrected chi connectivity index (χ0v) is 17.3. The van der Waals surface area contributed by atoms with Crippen LogP contribution in [0.5, 0.6) is 0 Å². The Morgan fingerprint density at radius 3 is 2.21 bits per heavy atom. The molecule has 0 bridgehead atoms. The highest BCUT2D eigenvalue weighted by molar-refractivity contribution is 7.92. The molecule has 158 valence electrons. The van der Waals surface area contributed by atoms with Crippen molar-refractivity contribution in [3.63, 3.8) is 0 Å². The first-order chi connectivity index (χ1) is 13.4. The molecule has 0 N–H and O–H groups in total. The second kappa shape index (κ2) is 7.90. The molecular weight excluding hydrogens is 451 g/mol. The summed E-state index contributed by atoms with van der Waals surface area (Å²) >= 11 is 6.12. The van der Waals surface area contributed by atoms with Crippen molar-refractivity contribution in [2.45, 2.75) is 22.7 Å². The Labute approximate surface area is 172 Å². The Kier molecular flexibility index (Phi) is 6.01. The topological polar surface area (TPSA) is 71.5 Å². The lowest BCUT2D eigenvalue weighted by atomic mass is 10.1. The summed E-state index contributed by atoms with van der Waals surface area (Å²) in [6, 6.07) is 9.60. The second-order valence-electron chi connectivity index (χ2n) is 6.59. The van der Waals surface area contributed by atoms with Crippen molar-refractivity contribution in [2.24, 2.45) is 0 Å². The highest BCUT2D eigenvalue weighted by atomic mass is 35.5. The molecule has 0 saturated carbocycles. The number of nitrogens with zero attached hydrogens (tertiary/aromatic N) is 1. The molecule has 1 aliphatic heterocycles. The Hall–Kier alpha value is -1.62. The van der Waals surface area contributed by atoms with Gasteiger partial charge in [0, 0.05) is 18.1 Å². The zero-order valence-electron chi connectivity index (χ0n) is 14.9. The van der Waals surface area contributed by atoms with Crippen LogP contribution in [-0.2, 0) is 26.0 Å². The molecule has 2 aromatic carbocycles. The van der Waals surface area contributed by atoms with Gasteiger partial charge in [0.15, 0.2) is 9.84 Å². The summed E-state index contributed by atoms with van der Waals surface area (Å²) in [4.78, 5) is -0.320. The van der Waals surface area contributed by atoms with Gasteiger partial charge in [-0.15, -0.1) is 0 Å². The first kappa shape index (κ1) is 22.1. The van der Waals surface area contributed by atoms with E-state index in [1.165, 1.54) is 0 Å². The number of halogens is 4. The average Bonchev–Trinajstić information content (AvgIpc) is 2.80. The highest BCUT2D eigenvalue weighted by Gasteiger charge is 2.37. The number of alkyl halides is 3. The average molecular weight is 468 g/mol. The monoisotopic (exact) mass is 467 g/mol. The van der Waals surface area contributed by atoms with Crippen LogP contribution in [0, 0.1) is 0 Å². The molecule has 5 nitrogen and oxygen atoms in total. The quantitative estimate of drug-likeness (QED) is 0.686. The summed E-state index contributed by atoms with van der Waals surface area (Å²) in [5, 5.41) is -0.677. The van der Waals surface area contributed by atoms with E-state index in [9.17, 15) is 30.0 Å². The minimum Gasteiger partial charge on any atom is -0.228 e. The molecule has 3 rings (SSSR count). The van der Waals surface area contributed by atoms with Crippen molar-refractivity contribution in [3.05, 3.63) is 64.7 Å². The van der Waals surface area contributed by atoms with Gasteiger partial charge in [0.25, 0.3) is 0 Å². The number of rotatable bonds is 3. The van der Waals surface area contributed by atoms with Crippen LogP contribution in [-0.4, -0.2) is 40.0 Å². The Bertz CT molecular complexity index is 1100. The molecule has 1 unspecified atom stereocenters. The van der Waals surface area contributed by atoms with Crippen LogP contribution in [0.15, 0.2) is 53.4 Å². The standard InChI is InChI=1S/C18H17ClF3NO4S2/c19-16-4-2-1-3-15(16)17-9-10-23(11-12-28(17,24)25)29(26,27)14-7-5-13(6-8-14)18(20,21)22/h1-8,17H,9-12H2. The van der Waals surface area contributed by atoms with E-state index >= 15 is 0 Å². The molecule has 0 radical (unpaired) electrons. The largest absolute Gasteiger partial charge is 0.416 e. The lowest BCUT2D eigenvalue weighted by Gasteiger charge is -2.20. The lowest BCUT2D eigenvalue weighted by Crippen LogP contribution is -2.33. The van der Waals surface area contributed by atoms with Gasteiger partial charge in [0.05, 0.1) is 21.5 Å². The van der Waals surface area contributed by atoms with E-state index in [4.69, 9.17) is 11.6 Å². The SMILES string of the molecule is O=S1(=O)CCN(S(=O)(=O)c2ccc(C(F)(F)F)cc2)CCC1c1ccccc1Cl. The normalized spacial score (nSPS) is 20.9. The summed E-state index contributed by atoms with van der Waals surface area (Å²) in [6.07, 6.45) is -4.59.